The molecule has 0 aromatic heterocycles. The number of rotatable bonds is 10. The van der Waals surface area contributed by atoms with Crippen LogP contribution in [0.15, 0.2) is 48.5 Å². The van der Waals surface area contributed by atoms with Gasteiger partial charge in [-0.3, -0.25) is 13.9 Å². The molecule has 3 rings (SSSR count). The molecule has 190 valence electrons. The fourth-order valence-electron chi connectivity index (χ4n) is 4.56. The molecule has 35 heavy (non-hydrogen) atoms. The van der Waals surface area contributed by atoms with Crippen LogP contribution >= 0.6 is 0 Å². The Morgan fingerprint density at radius 1 is 1.03 bits per heavy atom. The fraction of sp³-hybridized carbons (Fsp3) is 0.481. The minimum Gasteiger partial charge on any atom is -0.352 e. The largest absolute Gasteiger partial charge is 0.352 e. The molecule has 0 unspecified atom stereocenters. The summed E-state index contributed by atoms with van der Waals surface area (Å²) < 4.78 is 26.6. The van der Waals surface area contributed by atoms with Gasteiger partial charge in [0.1, 0.15) is 12.6 Å². The number of nitrogens with one attached hydrogen (secondary N) is 1. The Labute approximate surface area is 209 Å². The molecule has 7 nitrogen and oxygen atoms in total. The number of carbonyl (C=O) groups is 2. The highest BCUT2D eigenvalue weighted by Crippen LogP contribution is 2.25. The molecule has 0 spiro atoms. The zero-order valence-corrected chi connectivity index (χ0v) is 22.0. The van der Waals surface area contributed by atoms with Crippen molar-refractivity contribution in [3.63, 3.8) is 0 Å². The van der Waals surface area contributed by atoms with Gasteiger partial charge in [-0.05, 0) is 62.8 Å². The van der Waals surface area contributed by atoms with Gasteiger partial charge < -0.3 is 10.2 Å². The van der Waals surface area contributed by atoms with Crippen molar-refractivity contribution in [2.45, 2.75) is 65.0 Å². The van der Waals surface area contributed by atoms with Gasteiger partial charge in [0, 0.05) is 12.6 Å². The lowest BCUT2D eigenvalue weighted by molar-refractivity contribution is -0.139. The summed E-state index contributed by atoms with van der Waals surface area (Å²) in [6.45, 7) is 5.42. The molecule has 0 aliphatic heterocycles. The number of sulfonamides is 1. The van der Waals surface area contributed by atoms with Crippen molar-refractivity contribution in [1.82, 2.24) is 10.2 Å². The molecule has 0 saturated heterocycles. The number of hydrogen-bond acceptors (Lipinski definition) is 4. The Bertz CT molecular complexity index is 1130. The van der Waals surface area contributed by atoms with Crippen LogP contribution in [-0.2, 0) is 26.0 Å². The van der Waals surface area contributed by atoms with E-state index in [0.29, 0.717) is 18.7 Å². The smallest absolute Gasteiger partial charge is 0.244 e. The van der Waals surface area contributed by atoms with Crippen LogP contribution in [0.1, 0.15) is 49.3 Å². The third-order valence-electron chi connectivity index (χ3n) is 6.88. The topological polar surface area (TPSA) is 86.8 Å². The third-order valence-corrected chi connectivity index (χ3v) is 8.00. The zero-order valence-electron chi connectivity index (χ0n) is 21.2. The number of benzene rings is 2. The highest BCUT2D eigenvalue weighted by atomic mass is 32.2. The molecule has 0 radical (unpaired) electrons. The van der Waals surface area contributed by atoms with Gasteiger partial charge in [-0.15, -0.1) is 0 Å². The molecule has 2 aromatic carbocycles. The normalized spacial score (nSPS) is 15.0. The standard InChI is InChI=1S/C27H37N3O4S/c1-20-11-10-16-25(21(20)2)30(35(4,33)34)19-26(31)29(18-17-23-12-6-5-7-13-23)22(3)27(32)28-24-14-8-9-15-24/h5-7,10-13,16,22,24H,8-9,14-15,17-19H2,1-4H3,(H,28,32)/t22-/m1/s1. The van der Waals surface area contributed by atoms with Gasteiger partial charge in [-0.1, -0.05) is 55.3 Å². The third kappa shape index (κ3) is 7.07. The number of amides is 2. The first kappa shape index (κ1) is 26.7. The highest BCUT2D eigenvalue weighted by Gasteiger charge is 2.31. The first-order chi connectivity index (χ1) is 16.6. The van der Waals surface area contributed by atoms with Gasteiger partial charge in [-0.2, -0.15) is 0 Å². The molecule has 2 amide bonds. The molecule has 1 aliphatic carbocycles. The maximum Gasteiger partial charge on any atom is 0.244 e. The summed E-state index contributed by atoms with van der Waals surface area (Å²) >= 11 is 0. The SMILES string of the molecule is Cc1cccc(N(CC(=O)N(CCc2ccccc2)[C@H](C)C(=O)NC2CCCC2)S(C)(=O)=O)c1C. The van der Waals surface area contributed by atoms with E-state index in [0.717, 1.165) is 52.9 Å². The number of aryl methyl sites for hydroxylation is 1. The van der Waals surface area contributed by atoms with Gasteiger partial charge in [0.15, 0.2) is 0 Å². The summed E-state index contributed by atoms with van der Waals surface area (Å²) in [6.07, 6.45) is 5.75. The molecule has 1 N–H and O–H groups in total. The molecular formula is C27H37N3O4S. The second-order valence-electron chi connectivity index (χ2n) is 9.48. The minimum atomic E-state index is -3.73. The van der Waals surface area contributed by atoms with E-state index < -0.39 is 22.0 Å². The van der Waals surface area contributed by atoms with E-state index in [9.17, 15) is 18.0 Å². The van der Waals surface area contributed by atoms with Crippen LogP contribution in [-0.4, -0.2) is 56.6 Å². The average Bonchev–Trinajstić information content (AvgIpc) is 3.32. The van der Waals surface area contributed by atoms with Crippen LogP contribution in [0.25, 0.3) is 0 Å². The summed E-state index contributed by atoms with van der Waals surface area (Å²) in [5, 5.41) is 3.08. The van der Waals surface area contributed by atoms with Gasteiger partial charge in [0.05, 0.1) is 11.9 Å². The van der Waals surface area contributed by atoms with Crippen molar-refractivity contribution < 1.29 is 18.0 Å². The van der Waals surface area contributed by atoms with E-state index in [1.807, 2.05) is 50.2 Å². The Hall–Kier alpha value is -2.87. The molecule has 1 atom stereocenters. The van der Waals surface area contributed by atoms with E-state index in [4.69, 9.17) is 0 Å². The van der Waals surface area contributed by atoms with Crippen LogP contribution < -0.4 is 9.62 Å². The van der Waals surface area contributed by atoms with Crippen LogP contribution in [0.2, 0.25) is 0 Å². The van der Waals surface area contributed by atoms with Crippen molar-refractivity contribution in [2.75, 3.05) is 23.7 Å². The predicted octanol–water partition coefficient (Wildman–Crippen LogP) is 3.59. The lowest BCUT2D eigenvalue weighted by Gasteiger charge is -2.32. The van der Waals surface area contributed by atoms with Gasteiger partial charge in [-0.25, -0.2) is 8.42 Å². The van der Waals surface area contributed by atoms with E-state index in [2.05, 4.69) is 5.32 Å². The van der Waals surface area contributed by atoms with Gasteiger partial charge in [0.2, 0.25) is 21.8 Å². The van der Waals surface area contributed by atoms with E-state index >= 15 is 0 Å². The number of nitrogens with zero attached hydrogens (tertiary/aromatic N) is 2. The molecular weight excluding hydrogens is 462 g/mol. The zero-order chi connectivity index (χ0) is 25.6. The molecule has 8 heteroatoms. The summed E-state index contributed by atoms with van der Waals surface area (Å²) in [5.74, 6) is -0.600. The monoisotopic (exact) mass is 499 g/mol. The van der Waals surface area contributed by atoms with E-state index in [1.54, 1.807) is 19.1 Å². The molecule has 2 aromatic rings. The van der Waals surface area contributed by atoms with E-state index in [1.165, 1.54) is 4.90 Å². The van der Waals surface area contributed by atoms with Crippen LogP contribution in [0.3, 0.4) is 0 Å². The van der Waals surface area contributed by atoms with Crippen LogP contribution in [0.4, 0.5) is 5.69 Å². The Balaban J connectivity index is 1.85. The van der Waals surface area contributed by atoms with Gasteiger partial charge in [0.25, 0.3) is 0 Å². The number of carbonyl (C=O) groups excluding carboxylic acids is 2. The van der Waals surface area contributed by atoms with Crippen molar-refractivity contribution >= 4 is 27.5 Å². The lowest BCUT2D eigenvalue weighted by Crippen LogP contribution is -2.53. The van der Waals surface area contributed by atoms with Crippen molar-refractivity contribution in [2.24, 2.45) is 0 Å². The molecule has 1 aliphatic rings. The summed E-state index contributed by atoms with van der Waals surface area (Å²) in [6, 6.07) is 14.6. The molecule has 0 heterocycles. The lowest BCUT2D eigenvalue weighted by atomic mass is 10.1. The van der Waals surface area contributed by atoms with Crippen molar-refractivity contribution in [3.8, 4) is 0 Å². The Kier molecular flexibility index (Phi) is 8.94. The maximum atomic E-state index is 13.6. The molecule has 0 bridgehead atoms. The van der Waals surface area contributed by atoms with Crippen LogP contribution in [0, 0.1) is 13.8 Å². The summed E-state index contributed by atoms with van der Waals surface area (Å²) in [5.41, 5.74) is 3.26. The Morgan fingerprint density at radius 3 is 2.31 bits per heavy atom. The number of hydrogen-bond donors (Lipinski definition) is 1. The van der Waals surface area contributed by atoms with E-state index in [-0.39, 0.29) is 18.5 Å². The van der Waals surface area contributed by atoms with Crippen molar-refractivity contribution in [3.05, 3.63) is 65.2 Å². The summed E-state index contributed by atoms with van der Waals surface area (Å²) in [4.78, 5) is 28.2. The predicted molar refractivity (Wildman–Crippen MR) is 140 cm³/mol. The first-order valence-electron chi connectivity index (χ1n) is 12.3. The van der Waals surface area contributed by atoms with Crippen LogP contribution in [0.5, 0.6) is 0 Å². The second kappa shape index (κ2) is 11.7. The molecule has 1 fully saturated rings. The van der Waals surface area contributed by atoms with Crippen molar-refractivity contribution in [1.29, 1.82) is 0 Å². The Morgan fingerprint density at radius 2 is 1.69 bits per heavy atom. The molecule has 1 saturated carbocycles. The second-order valence-corrected chi connectivity index (χ2v) is 11.4. The average molecular weight is 500 g/mol. The quantitative estimate of drug-likeness (QED) is 0.541. The fourth-order valence-corrected chi connectivity index (χ4v) is 5.46. The minimum absolute atomic E-state index is 0.137. The highest BCUT2D eigenvalue weighted by molar-refractivity contribution is 7.92. The first-order valence-corrected chi connectivity index (χ1v) is 14.1. The summed E-state index contributed by atoms with van der Waals surface area (Å²) in [7, 11) is -3.73. The maximum absolute atomic E-state index is 13.6. The van der Waals surface area contributed by atoms with Gasteiger partial charge >= 0.3 is 0 Å². The number of anilines is 1.